The smallest absolute Gasteiger partial charge is 0.271 e. The molecular formula is C15H25Cl2N5O3S. The Balaban J connectivity index is 0.00000169. The molecule has 8 nitrogen and oxygen atoms in total. The zero-order chi connectivity index (χ0) is 16.9. The molecular weight excluding hydrogens is 401 g/mol. The number of thiazole rings is 1. The van der Waals surface area contributed by atoms with Gasteiger partial charge in [-0.3, -0.25) is 14.5 Å². The first-order valence-electron chi connectivity index (χ1n) is 8.19. The standard InChI is InChI=1S/C15H23N5O3S.2ClH/c16-8-13-18-12(10-24-13)15(22)17-11-7-14(21)20(9-11)2-1-19-3-5-23-6-4-19;;/h10-11H,1-9,16H2,(H,17,22);2*1H. The normalized spacial score (nSPS) is 20.4. The highest BCUT2D eigenvalue weighted by atomic mass is 35.5. The van der Waals surface area contributed by atoms with E-state index in [1.54, 1.807) is 5.38 Å². The van der Waals surface area contributed by atoms with Crippen molar-refractivity contribution in [1.82, 2.24) is 20.1 Å². The molecule has 1 aromatic heterocycles. The first-order valence-corrected chi connectivity index (χ1v) is 9.07. The Labute approximate surface area is 169 Å². The highest BCUT2D eigenvalue weighted by Gasteiger charge is 2.31. The lowest BCUT2D eigenvalue weighted by Crippen LogP contribution is -2.42. The highest BCUT2D eigenvalue weighted by molar-refractivity contribution is 7.09. The van der Waals surface area contributed by atoms with Crippen molar-refractivity contribution < 1.29 is 14.3 Å². The summed E-state index contributed by atoms with van der Waals surface area (Å²) in [5, 5.41) is 5.33. The maximum absolute atomic E-state index is 12.2. The number of halogens is 2. The van der Waals surface area contributed by atoms with E-state index in [1.165, 1.54) is 11.3 Å². The van der Waals surface area contributed by atoms with E-state index in [1.807, 2.05) is 4.90 Å². The first-order chi connectivity index (χ1) is 11.7. The summed E-state index contributed by atoms with van der Waals surface area (Å²) in [7, 11) is 0. The number of nitrogens with one attached hydrogen (secondary N) is 1. The molecule has 2 amide bonds. The van der Waals surface area contributed by atoms with Gasteiger partial charge in [-0.05, 0) is 0 Å². The van der Waals surface area contributed by atoms with Gasteiger partial charge in [0.15, 0.2) is 0 Å². The van der Waals surface area contributed by atoms with E-state index in [4.69, 9.17) is 10.5 Å². The van der Waals surface area contributed by atoms with E-state index < -0.39 is 0 Å². The van der Waals surface area contributed by atoms with Crippen molar-refractivity contribution in [3.63, 3.8) is 0 Å². The van der Waals surface area contributed by atoms with Gasteiger partial charge in [0.2, 0.25) is 5.91 Å². The van der Waals surface area contributed by atoms with Crippen LogP contribution in [-0.4, -0.2) is 78.6 Å². The van der Waals surface area contributed by atoms with Gasteiger partial charge in [0.25, 0.3) is 5.91 Å². The van der Waals surface area contributed by atoms with Crippen molar-refractivity contribution in [2.24, 2.45) is 5.73 Å². The number of aromatic nitrogens is 1. The fraction of sp³-hybridized carbons (Fsp3) is 0.667. The van der Waals surface area contributed by atoms with Gasteiger partial charge in [0.1, 0.15) is 10.7 Å². The molecule has 2 saturated heterocycles. The molecule has 0 saturated carbocycles. The number of nitrogens with two attached hydrogens (primary N) is 1. The molecule has 3 heterocycles. The van der Waals surface area contributed by atoms with Crippen LogP contribution in [0.1, 0.15) is 21.9 Å². The molecule has 2 fully saturated rings. The predicted octanol–water partition coefficient (Wildman–Crippen LogP) is 0.108. The molecule has 0 spiro atoms. The van der Waals surface area contributed by atoms with Crippen molar-refractivity contribution in [3.05, 3.63) is 16.1 Å². The fourth-order valence-electron chi connectivity index (χ4n) is 2.94. The van der Waals surface area contributed by atoms with Gasteiger partial charge in [0, 0.05) is 51.1 Å². The van der Waals surface area contributed by atoms with Crippen molar-refractivity contribution >= 4 is 48.0 Å². The van der Waals surface area contributed by atoms with Gasteiger partial charge in [-0.15, -0.1) is 36.2 Å². The summed E-state index contributed by atoms with van der Waals surface area (Å²) in [5.41, 5.74) is 5.89. The minimum Gasteiger partial charge on any atom is -0.379 e. The van der Waals surface area contributed by atoms with Crippen LogP contribution in [-0.2, 0) is 16.1 Å². The predicted molar refractivity (Wildman–Crippen MR) is 104 cm³/mol. The van der Waals surface area contributed by atoms with Gasteiger partial charge in [-0.25, -0.2) is 4.98 Å². The SMILES string of the molecule is Cl.Cl.NCc1nc(C(=O)NC2CC(=O)N(CCN3CCOCC3)C2)cs1. The van der Waals surface area contributed by atoms with Crippen LogP contribution in [0.3, 0.4) is 0 Å². The molecule has 3 rings (SSSR count). The number of hydrogen-bond acceptors (Lipinski definition) is 7. The van der Waals surface area contributed by atoms with Crippen molar-refractivity contribution in [2.45, 2.75) is 19.0 Å². The Hall–Kier alpha value is -0.970. The Kier molecular flexibility index (Phi) is 9.77. The second-order valence-corrected chi connectivity index (χ2v) is 6.94. The zero-order valence-corrected chi connectivity index (χ0v) is 16.8. The van der Waals surface area contributed by atoms with E-state index in [-0.39, 0.29) is 42.7 Å². The van der Waals surface area contributed by atoms with Crippen molar-refractivity contribution in [2.75, 3.05) is 45.9 Å². The highest BCUT2D eigenvalue weighted by Crippen LogP contribution is 2.13. The Bertz CT molecular complexity index is 598. The van der Waals surface area contributed by atoms with Crippen LogP contribution in [0.4, 0.5) is 0 Å². The number of amides is 2. The van der Waals surface area contributed by atoms with Crippen LogP contribution >= 0.6 is 36.2 Å². The summed E-state index contributed by atoms with van der Waals surface area (Å²) in [5.74, 6) is -0.145. The summed E-state index contributed by atoms with van der Waals surface area (Å²) in [4.78, 5) is 32.6. The second kappa shape index (κ2) is 11.0. The van der Waals surface area contributed by atoms with Crippen LogP contribution in [0.2, 0.25) is 0 Å². The number of ether oxygens (including phenoxy) is 1. The van der Waals surface area contributed by atoms with Crippen LogP contribution in [0.5, 0.6) is 0 Å². The Morgan fingerprint density at radius 1 is 1.35 bits per heavy atom. The van der Waals surface area contributed by atoms with E-state index in [0.29, 0.717) is 31.7 Å². The molecule has 1 aromatic rings. The molecule has 1 unspecified atom stereocenters. The van der Waals surface area contributed by atoms with Crippen LogP contribution in [0.15, 0.2) is 5.38 Å². The van der Waals surface area contributed by atoms with Crippen LogP contribution < -0.4 is 11.1 Å². The summed E-state index contributed by atoms with van der Waals surface area (Å²) < 4.78 is 5.32. The molecule has 26 heavy (non-hydrogen) atoms. The van der Waals surface area contributed by atoms with E-state index in [0.717, 1.165) is 37.9 Å². The minimum atomic E-state index is -0.237. The third-order valence-corrected chi connectivity index (χ3v) is 5.17. The number of carbonyl (C=O) groups is 2. The maximum Gasteiger partial charge on any atom is 0.271 e. The average molecular weight is 426 g/mol. The topological polar surface area (TPSA) is 101 Å². The summed E-state index contributed by atoms with van der Waals surface area (Å²) in [6.07, 6.45) is 0.350. The summed E-state index contributed by atoms with van der Waals surface area (Å²) in [6, 6.07) is -0.155. The Morgan fingerprint density at radius 3 is 2.73 bits per heavy atom. The lowest BCUT2D eigenvalue weighted by atomic mass is 10.2. The van der Waals surface area contributed by atoms with Gasteiger partial charge < -0.3 is 20.7 Å². The van der Waals surface area contributed by atoms with Crippen molar-refractivity contribution in [3.8, 4) is 0 Å². The largest absolute Gasteiger partial charge is 0.379 e. The third kappa shape index (κ3) is 6.04. The van der Waals surface area contributed by atoms with E-state index in [9.17, 15) is 9.59 Å². The zero-order valence-electron chi connectivity index (χ0n) is 14.4. The molecule has 0 aromatic carbocycles. The molecule has 0 bridgehead atoms. The van der Waals surface area contributed by atoms with E-state index >= 15 is 0 Å². The molecule has 2 aliphatic heterocycles. The van der Waals surface area contributed by atoms with Gasteiger partial charge in [-0.1, -0.05) is 0 Å². The van der Waals surface area contributed by atoms with Gasteiger partial charge >= 0.3 is 0 Å². The van der Waals surface area contributed by atoms with Gasteiger partial charge in [-0.2, -0.15) is 0 Å². The van der Waals surface area contributed by atoms with Crippen molar-refractivity contribution in [1.29, 1.82) is 0 Å². The number of morpholine rings is 1. The molecule has 2 aliphatic rings. The quantitative estimate of drug-likeness (QED) is 0.670. The number of carbonyl (C=O) groups excluding carboxylic acids is 2. The molecule has 3 N–H and O–H groups in total. The third-order valence-electron chi connectivity index (χ3n) is 4.30. The maximum atomic E-state index is 12.2. The molecule has 1 atom stereocenters. The van der Waals surface area contributed by atoms with E-state index in [2.05, 4.69) is 15.2 Å². The first kappa shape index (κ1) is 23.1. The van der Waals surface area contributed by atoms with Crippen LogP contribution in [0, 0.1) is 0 Å². The second-order valence-electron chi connectivity index (χ2n) is 6.00. The average Bonchev–Trinajstić information content (AvgIpc) is 3.20. The van der Waals surface area contributed by atoms with Crippen LogP contribution in [0.25, 0.3) is 0 Å². The number of likely N-dealkylation sites (tertiary alicyclic amines) is 1. The Morgan fingerprint density at radius 2 is 2.08 bits per heavy atom. The van der Waals surface area contributed by atoms with Gasteiger partial charge in [0.05, 0.1) is 19.3 Å². The number of rotatable bonds is 6. The molecule has 11 heteroatoms. The molecule has 148 valence electrons. The molecule has 0 aliphatic carbocycles. The lowest BCUT2D eigenvalue weighted by molar-refractivity contribution is -0.128. The fourth-order valence-corrected chi connectivity index (χ4v) is 3.59. The minimum absolute atomic E-state index is 0. The molecule has 0 radical (unpaired) electrons. The summed E-state index contributed by atoms with van der Waals surface area (Å²) in [6.45, 7) is 5.76. The summed E-state index contributed by atoms with van der Waals surface area (Å²) >= 11 is 1.37. The lowest BCUT2D eigenvalue weighted by Gasteiger charge is -2.28. The number of hydrogen-bond donors (Lipinski definition) is 2. The number of nitrogens with zero attached hydrogens (tertiary/aromatic N) is 3. The monoisotopic (exact) mass is 425 g/mol.